The van der Waals surface area contributed by atoms with Crippen molar-refractivity contribution >= 4 is 17.8 Å². The number of methoxy groups -OCH3 is 1. The van der Waals surface area contributed by atoms with Gasteiger partial charge < -0.3 is 15.4 Å². The zero-order chi connectivity index (χ0) is 19.1. The SMILES string of the molecule is COC(=O)CNC(=O)[C@H](C)NC(=O)c1ccc(-c2ccc(F)cc2)nc1. The van der Waals surface area contributed by atoms with Gasteiger partial charge in [-0.1, -0.05) is 0 Å². The third kappa shape index (κ3) is 5.10. The van der Waals surface area contributed by atoms with E-state index in [1.54, 1.807) is 24.3 Å². The molecule has 0 aliphatic heterocycles. The van der Waals surface area contributed by atoms with Crippen LogP contribution in [-0.4, -0.2) is 42.5 Å². The van der Waals surface area contributed by atoms with E-state index in [1.807, 2.05) is 0 Å². The molecule has 1 aromatic carbocycles. The molecule has 7 nitrogen and oxygen atoms in total. The highest BCUT2D eigenvalue weighted by Gasteiger charge is 2.17. The van der Waals surface area contributed by atoms with Crippen LogP contribution in [0.5, 0.6) is 0 Å². The van der Waals surface area contributed by atoms with Crippen LogP contribution >= 0.6 is 0 Å². The first-order valence-electron chi connectivity index (χ1n) is 7.78. The molecule has 1 heterocycles. The first-order chi connectivity index (χ1) is 12.4. The van der Waals surface area contributed by atoms with E-state index < -0.39 is 23.8 Å². The number of aromatic nitrogens is 1. The number of amides is 2. The molecular formula is C18H18FN3O4. The first-order valence-corrected chi connectivity index (χ1v) is 7.78. The van der Waals surface area contributed by atoms with Crippen molar-refractivity contribution < 1.29 is 23.5 Å². The minimum atomic E-state index is -0.844. The second-order valence-corrected chi connectivity index (χ2v) is 5.43. The zero-order valence-corrected chi connectivity index (χ0v) is 14.3. The monoisotopic (exact) mass is 359 g/mol. The predicted octanol–water partition coefficient (Wildman–Crippen LogP) is 1.30. The number of nitrogens with zero attached hydrogens (tertiary/aromatic N) is 1. The van der Waals surface area contributed by atoms with Crippen LogP contribution in [-0.2, 0) is 14.3 Å². The number of benzene rings is 1. The molecule has 136 valence electrons. The smallest absolute Gasteiger partial charge is 0.325 e. The maximum atomic E-state index is 12.9. The molecular weight excluding hydrogens is 341 g/mol. The Labute approximate surface area is 149 Å². The summed E-state index contributed by atoms with van der Waals surface area (Å²) in [4.78, 5) is 39.2. The highest BCUT2D eigenvalue weighted by atomic mass is 19.1. The highest BCUT2D eigenvalue weighted by molar-refractivity contribution is 5.97. The Morgan fingerprint density at radius 2 is 1.85 bits per heavy atom. The number of ether oxygens (including phenoxy) is 1. The van der Waals surface area contributed by atoms with Gasteiger partial charge in [0.05, 0.1) is 18.4 Å². The lowest BCUT2D eigenvalue weighted by molar-refractivity contribution is -0.141. The second-order valence-electron chi connectivity index (χ2n) is 5.43. The van der Waals surface area contributed by atoms with Gasteiger partial charge in [-0.25, -0.2) is 4.39 Å². The molecule has 0 saturated heterocycles. The minimum absolute atomic E-state index is 0.267. The fraction of sp³-hybridized carbons (Fsp3) is 0.222. The number of hydrogen-bond donors (Lipinski definition) is 2. The molecule has 0 spiro atoms. The molecule has 0 aliphatic rings. The molecule has 0 saturated carbocycles. The number of carbonyl (C=O) groups excluding carboxylic acids is 3. The van der Waals surface area contributed by atoms with Gasteiger partial charge in [0.2, 0.25) is 5.91 Å². The lowest BCUT2D eigenvalue weighted by Crippen LogP contribution is -2.46. The summed E-state index contributed by atoms with van der Waals surface area (Å²) in [6.45, 7) is 1.22. The van der Waals surface area contributed by atoms with Crippen LogP contribution in [0.3, 0.4) is 0 Å². The third-order valence-corrected chi connectivity index (χ3v) is 3.54. The first kappa shape index (κ1) is 19.0. The van der Waals surface area contributed by atoms with Crippen molar-refractivity contribution in [2.45, 2.75) is 13.0 Å². The fourth-order valence-electron chi connectivity index (χ4n) is 2.05. The average Bonchev–Trinajstić information content (AvgIpc) is 2.66. The van der Waals surface area contributed by atoms with Gasteiger partial charge in [-0.15, -0.1) is 0 Å². The maximum absolute atomic E-state index is 12.9. The van der Waals surface area contributed by atoms with Crippen molar-refractivity contribution in [3.8, 4) is 11.3 Å². The molecule has 2 rings (SSSR count). The quantitative estimate of drug-likeness (QED) is 0.758. The zero-order valence-electron chi connectivity index (χ0n) is 14.3. The van der Waals surface area contributed by atoms with Crippen molar-refractivity contribution in [1.82, 2.24) is 15.6 Å². The Bertz CT molecular complexity index is 791. The van der Waals surface area contributed by atoms with Crippen LogP contribution in [0.25, 0.3) is 11.3 Å². The van der Waals surface area contributed by atoms with Gasteiger partial charge in [0.15, 0.2) is 0 Å². The summed E-state index contributed by atoms with van der Waals surface area (Å²) in [6, 6.07) is 8.17. The van der Waals surface area contributed by atoms with Gasteiger partial charge in [0, 0.05) is 11.8 Å². The van der Waals surface area contributed by atoms with Crippen molar-refractivity contribution in [2.24, 2.45) is 0 Å². The van der Waals surface area contributed by atoms with E-state index in [-0.39, 0.29) is 17.9 Å². The Morgan fingerprint density at radius 1 is 1.15 bits per heavy atom. The Morgan fingerprint density at radius 3 is 2.42 bits per heavy atom. The molecule has 8 heteroatoms. The van der Waals surface area contributed by atoms with E-state index in [0.717, 1.165) is 0 Å². The minimum Gasteiger partial charge on any atom is -0.468 e. The molecule has 1 atom stereocenters. The van der Waals surface area contributed by atoms with E-state index in [1.165, 1.54) is 32.4 Å². The van der Waals surface area contributed by atoms with Crippen LogP contribution in [0.4, 0.5) is 4.39 Å². The van der Waals surface area contributed by atoms with Crippen molar-refractivity contribution in [3.05, 3.63) is 54.0 Å². The Hall–Kier alpha value is -3.29. The number of carbonyl (C=O) groups is 3. The number of halogens is 1. The maximum Gasteiger partial charge on any atom is 0.325 e. The fourth-order valence-corrected chi connectivity index (χ4v) is 2.05. The predicted molar refractivity (Wildman–Crippen MR) is 91.6 cm³/mol. The molecule has 1 aromatic heterocycles. The van der Waals surface area contributed by atoms with E-state index in [4.69, 9.17) is 0 Å². The summed E-state index contributed by atoms with van der Waals surface area (Å²) in [6.07, 6.45) is 1.37. The second kappa shape index (κ2) is 8.70. The lowest BCUT2D eigenvalue weighted by atomic mass is 10.1. The van der Waals surface area contributed by atoms with Gasteiger partial charge in [-0.05, 0) is 43.3 Å². The summed E-state index contributed by atoms with van der Waals surface area (Å²) in [7, 11) is 1.21. The third-order valence-electron chi connectivity index (χ3n) is 3.54. The normalized spacial score (nSPS) is 11.3. The average molecular weight is 359 g/mol. The van der Waals surface area contributed by atoms with Crippen molar-refractivity contribution in [2.75, 3.05) is 13.7 Å². The molecule has 2 N–H and O–H groups in total. The van der Waals surface area contributed by atoms with E-state index in [2.05, 4.69) is 20.4 Å². The molecule has 0 bridgehead atoms. The molecule has 0 unspecified atom stereocenters. The van der Waals surface area contributed by atoms with Crippen LogP contribution < -0.4 is 10.6 Å². The number of pyridine rings is 1. The molecule has 0 aliphatic carbocycles. The van der Waals surface area contributed by atoms with E-state index in [9.17, 15) is 18.8 Å². The van der Waals surface area contributed by atoms with E-state index in [0.29, 0.717) is 11.3 Å². The summed E-state index contributed by atoms with van der Waals surface area (Å²) < 4.78 is 17.4. The molecule has 2 aromatic rings. The molecule has 26 heavy (non-hydrogen) atoms. The Kier molecular flexibility index (Phi) is 6.37. The standard InChI is InChI=1S/C18H18FN3O4/c1-11(17(24)21-10-16(23)26-2)22-18(25)13-5-8-15(20-9-13)12-3-6-14(19)7-4-12/h3-9,11H,10H2,1-2H3,(H,21,24)(H,22,25)/t11-/m0/s1. The van der Waals surface area contributed by atoms with Crippen LogP contribution in [0.2, 0.25) is 0 Å². The lowest BCUT2D eigenvalue weighted by Gasteiger charge is -2.13. The highest BCUT2D eigenvalue weighted by Crippen LogP contribution is 2.17. The van der Waals surface area contributed by atoms with Gasteiger partial charge in [-0.3, -0.25) is 19.4 Å². The topological polar surface area (TPSA) is 97.4 Å². The van der Waals surface area contributed by atoms with Crippen molar-refractivity contribution in [1.29, 1.82) is 0 Å². The largest absolute Gasteiger partial charge is 0.468 e. The van der Waals surface area contributed by atoms with Gasteiger partial charge in [0.25, 0.3) is 5.91 Å². The number of hydrogen-bond acceptors (Lipinski definition) is 5. The summed E-state index contributed by atoms with van der Waals surface area (Å²) >= 11 is 0. The van der Waals surface area contributed by atoms with Gasteiger partial charge >= 0.3 is 5.97 Å². The van der Waals surface area contributed by atoms with Crippen LogP contribution in [0.15, 0.2) is 42.6 Å². The van der Waals surface area contributed by atoms with Crippen molar-refractivity contribution in [3.63, 3.8) is 0 Å². The van der Waals surface area contributed by atoms with E-state index >= 15 is 0 Å². The molecule has 2 amide bonds. The summed E-state index contributed by atoms with van der Waals surface area (Å²) in [5, 5.41) is 4.86. The summed E-state index contributed by atoms with van der Waals surface area (Å²) in [5.41, 5.74) is 1.57. The number of esters is 1. The summed E-state index contributed by atoms with van der Waals surface area (Å²) in [5.74, 6) is -1.93. The molecule has 0 radical (unpaired) electrons. The van der Waals surface area contributed by atoms with Crippen LogP contribution in [0, 0.1) is 5.82 Å². The molecule has 0 fully saturated rings. The van der Waals surface area contributed by atoms with Gasteiger partial charge in [0.1, 0.15) is 18.4 Å². The van der Waals surface area contributed by atoms with Crippen LogP contribution in [0.1, 0.15) is 17.3 Å². The number of rotatable bonds is 6. The number of nitrogens with one attached hydrogen (secondary N) is 2. The Balaban J connectivity index is 1.95. The van der Waals surface area contributed by atoms with Gasteiger partial charge in [-0.2, -0.15) is 0 Å².